The van der Waals surface area contributed by atoms with Gasteiger partial charge in [0.2, 0.25) is 5.91 Å². The van der Waals surface area contributed by atoms with Crippen LogP contribution < -0.4 is 14.8 Å². The van der Waals surface area contributed by atoms with Crippen molar-refractivity contribution >= 4 is 23.4 Å². The van der Waals surface area contributed by atoms with E-state index in [4.69, 9.17) is 9.47 Å². The summed E-state index contributed by atoms with van der Waals surface area (Å²) in [5.41, 5.74) is 0.772. The molecule has 0 saturated carbocycles. The van der Waals surface area contributed by atoms with E-state index in [1.165, 1.54) is 11.8 Å². The molecule has 7 nitrogen and oxygen atoms in total. The zero-order valence-electron chi connectivity index (χ0n) is 17.5. The van der Waals surface area contributed by atoms with Crippen molar-refractivity contribution in [2.45, 2.75) is 43.8 Å². The average Bonchev–Trinajstić information content (AvgIpc) is 3.17. The van der Waals surface area contributed by atoms with Crippen molar-refractivity contribution in [1.29, 1.82) is 0 Å². The minimum absolute atomic E-state index is 0.0825. The standard InChI is InChI=1S/C22H26N4O3S/c1-5-26-20(15(2)29-19-13-11-18(28-4)12-14-19)24-25-22(26)30-16(3)21(27)23-17-9-7-6-8-10-17/h6-16H,5H2,1-4H3,(H,23,27). The van der Waals surface area contributed by atoms with Crippen LogP contribution in [0.2, 0.25) is 0 Å². The first kappa shape index (κ1) is 21.7. The largest absolute Gasteiger partial charge is 0.497 e. The van der Waals surface area contributed by atoms with E-state index in [1.807, 2.05) is 79.9 Å². The van der Waals surface area contributed by atoms with E-state index in [1.54, 1.807) is 7.11 Å². The lowest BCUT2D eigenvalue weighted by Gasteiger charge is -2.16. The number of nitrogens with one attached hydrogen (secondary N) is 1. The Morgan fingerprint density at radius 1 is 1.07 bits per heavy atom. The van der Waals surface area contributed by atoms with E-state index in [0.717, 1.165) is 17.2 Å². The number of rotatable bonds is 9. The van der Waals surface area contributed by atoms with Gasteiger partial charge >= 0.3 is 0 Å². The second-order valence-corrected chi connectivity index (χ2v) is 7.94. The number of methoxy groups -OCH3 is 1. The molecule has 0 fully saturated rings. The third-order valence-electron chi connectivity index (χ3n) is 4.49. The minimum Gasteiger partial charge on any atom is -0.497 e. The number of aromatic nitrogens is 3. The third kappa shape index (κ3) is 5.33. The Kier molecular flexibility index (Phi) is 7.35. The maximum absolute atomic E-state index is 12.5. The highest BCUT2D eigenvalue weighted by atomic mass is 32.2. The topological polar surface area (TPSA) is 78.3 Å². The van der Waals surface area contributed by atoms with Crippen molar-refractivity contribution < 1.29 is 14.3 Å². The summed E-state index contributed by atoms with van der Waals surface area (Å²) in [6.45, 7) is 6.48. The van der Waals surface area contributed by atoms with Gasteiger partial charge in [0, 0.05) is 12.2 Å². The summed E-state index contributed by atoms with van der Waals surface area (Å²) in [5, 5.41) is 11.9. The summed E-state index contributed by atoms with van der Waals surface area (Å²) in [6.07, 6.45) is -0.298. The number of nitrogens with zero attached hydrogens (tertiary/aromatic N) is 3. The SMILES string of the molecule is CCn1c(SC(C)C(=O)Nc2ccccc2)nnc1C(C)Oc1ccc(OC)cc1. The van der Waals surface area contributed by atoms with Crippen molar-refractivity contribution in [3.05, 3.63) is 60.4 Å². The Labute approximate surface area is 180 Å². The summed E-state index contributed by atoms with van der Waals surface area (Å²) in [7, 11) is 1.63. The predicted octanol–water partition coefficient (Wildman–Crippen LogP) is 4.57. The van der Waals surface area contributed by atoms with E-state index in [-0.39, 0.29) is 17.3 Å². The number of anilines is 1. The highest BCUT2D eigenvalue weighted by molar-refractivity contribution is 8.00. The lowest BCUT2D eigenvalue weighted by Crippen LogP contribution is -2.23. The van der Waals surface area contributed by atoms with Crippen LogP contribution in [-0.4, -0.2) is 33.0 Å². The number of hydrogen-bond donors (Lipinski definition) is 1. The van der Waals surface area contributed by atoms with Crippen molar-refractivity contribution in [2.24, 2.45) is 0 Å². The van der Waals surface area contributed by atoms with Gasteiger partial charge in [0.25, 0.3) is 0 Å². The summed E-state index contributed by atoms with van der Waals surface area (Å²) in [6, 6.07) is 16.8. The van der Waals surface area contributed by atoms with E-state index >= 15 is 0 Å². The van der Waals surface area contributed by atoms with E-state index in [0.29, 0.717) is 17.5 Å². The van der Waals surface area contributed by atoms with E-state index < -0.39 is 0 Å². The fourth-order valence-corrected chi connectivity index (χ4v) is 3.79. The van der Waals surface area contributed by atoms with E-state index in [2.05, 4.69) is 15.5 Å². The van der Waals surface area contributed by atoms with Crippen molar-refractivity contribution in [3.8, 4) is 11.5 Å². The van der Waals surface area contributed by atoms with Crippen LogP contribution in [0.3, 0.4) is 0 Å². The quantitative estimate of drug-likeness (QED) is 0.505. The van der Waals surface area contributed by atoms with Gasteiger partial charge in [-0.2, -0.15) is 0 Å². The number of carbonyl (C=O) groups excluding carboxylic acids is 1. The zero-order chi connectivity index (χ0) is 21.5. The predicted molar refractivity (Wildman–Crippen MR) is 118 cm³/mol. The van der Waals surface area contributed by atoms with Gasteiger partial charge in [-0.15, -0.1) is 10.2 Å². The van der Waals surface area contributed by atoms with Gasteiger partial charge in [-0.3, -0.25) is 4.79 Å². The Balaban J connectivity index is 1.67. The molecule has 1 aromatic heterocycles. The number of para-hydroxylation sites is 1. The first-order valence-corrected chi connectivity index (χ1v) is 10.7. The minimum atomic E-state index is -0.328. The Bertz CT molecular complexity index is 960. The van der Waals surface area contributed by atoms with Gasteiger partial charge in [0.15, 0.2) is 17.1 Å². The molecule has 0 radical (unpaired) electrons. The number of hydrogen-bond acceptors (Lipinski definition) is 6. The number of amides is 1. The summed E-state index contributed by atoms with van der Waals surface area (Å²) in [5.74, 6) is 2.12. The molecule has 1 amide bonds. The molecular weight excluding hydrogens is 400 g/mol. The highest BCUT2D eigenvalue weighted by Gasteiger charge is 2.23. The van der Waals surface area contributed by atoms with Gasteiger partial charge in [0.05, 0.1) is 12.4 Å². The molecule has 1 heterocycles. The molecule has 158 valence electrons. The second-order valence-electron chi connectivity index (χ2n) is 6.64. The molecule has 3 rings (SSSR count). The Morgan fingerprint density at radius 2 is 1.73 bits per heavy atom. The van der Waals surface area contributed by atoms with Gasteiger partial charge in [-0.25, -0.2) is 0 Å². The van der Waals surface area contributed by atoms with Crippen molar-refractivity contribution in [1.82, 2.24) is 14.8 Å². The molecule has 0 saturated heterocycles. The summed E-state index contributed by atoms with van der Waals surface area (Å²) < 4.78 is 13.2. The zero-order valence-corrected chi connectivity index (χ0v) is 18.3. The summed E-state index contributed by atoms with van der Waals surface area (Å²) >= 11 is 1.38. The van der Waals surface area contributed by atoms with Gasteiger partial charge < -0.3 is 19.4 Å². The molecule has 0 spiro atoms. The molecule has 0 bridgehead atoms. The third-order valence-corrected chi connectivity index (χ3v) is 5.57. The molecule has 3 aromatic rings. The number of carbonyl (C=O) groups is 1. The van der Waals surface area contributed by atoms with Gasteiger partial charge in [0.1, 0.15) is 11.5 Å². The lowest BCUT2D eigenvalue weighted by molar-refractivity contribution is -0.115. The molecule has 2 unspecified atom stereocenters. The molecular formula is C22H26N4O3S. The molecule has 0 aliphatic heterocycles. The van der Waals surface area contributed by atoms with Crippen LogP contribution in [0.1, 0.15) is 32.7 Å². The fourth-order valence-electron chi connectivity index (χ4n) is 2.87. The first-order chi connectivity index (χ1) is 14.5. The van der Waals surface area contributed by atoms with Gasteiger partial charge in [-0.1, -0.05) is 30.0 Å². The maximum Gasteiger partial charge on any atom is 0.237 e. The number of thioether (sulfide) groups is 1. The highest BCUT2D eigenvalue weighted by Crippen LogP contribution is 2.28. The number of ether oxygens (including phenoxy) is 2. The number of benzene rings is 2. The molecule has 8 heteroatoms. The van der Waals surface area contributed by atoms with Crippen LogP contribution in [0.25, 0.3) is 0 Å². The molecule has 30 heavy (non-hydrogen) atoms. The molecule has 2 atom stereocenters. The normalized spacial score (nSPS) is 12.8. The molecule has 1 N–H and O–H groups in total. The first-order valence-electron chi connectivity index (χ1n) is 9.78. The lowest BCUT2D eigenvalue weighted by atomic mass is 10.3. The van der Waals surface area contributed by atoms with Crippen LogP contribution in [0.4, 0.5) is 5.69 Å². The van der Waals surface area contributed by atoms with Crippen LogP contribution in [0.5, 0.6) is 11.5 Å². The van der Waals surface area contributed by atoms with Crippen LogP contribution in [0.15, 0.2) is 59.8 Å². The Hall–Kier alpha value is -3.00. The van der Waals surface area contributed by atoms with Crippen molar-refractivity contribution in [3.63, 3.8) is 0 Å². The van der Waals surface area contributed by atoms with E-state index in [9.17, 15) is 4.79 Å². The fraction of sp³-hybridized carbons (Fsp3) is 0.318. The second kappa shape index (κ2) is 10.2. The smallest absolute Gasteiger partial charge is 0.237 e. The summed E-state index contributed by atoms with van der Waals surface area (Å²) in [4.78, 5) is 12.5. The molecule has 0 aliphatic rings. The van der Waals surface area contributed by atoms with Crippen molar-refractivity contribution in [2.75, 3.05) is 12.4 Å². The average molecular weight is 427 g/mol. The Morgan fingerprint density at radius 3 is 2.37 bits per heavy atom. The monoisotopic (exact) mass is 426 g/mol. The maximum atomic E-state index is 12.5. The molecule has 0 aliphatic carbocycles. The van der Waals surface area contributed by atoms with Crippen LogP contribution in [0, 0.1) is 0 Å². The van der Waals surface area contributed by atoms with Gasteiger partial charge in [-0.05, 0) is 57.2 Å². The van der Waals surface area contributed by atoms with Crippen LogP contribution in [-0.2, 0) is 11.3 Å². The van der Waals surface area contributed by atoms with Crippen LogP contribution >= 0.6 is 11.8 Å². The molecule has 2 aromatic carbocycles.